The van der Waals surface area contributed by atoms with Crippen LogP contribution >= 0.6 is 0 Å². The molecule has 0 aliphatic rings. The fourth-order valence-electron chi connectivity index (χ4n) is 3.31. The highest BCUT2D eigenvalue weighted by molar-refractivity contribution is 5.67. The molecule has 288 valence electrons. The van der Waals surface area contributed by atoms with Crippen LogP contribution in [0.4, 0.5) is 4.79 Å². The van der Waals surface area contributed by atoms with Gasteiger partial charge >= 0.3 is 6.09 Å². The lowest BCUT2D eigenvalue weighted by Crippen LogP contribution is -2.38. The quantitative estimate of drug-likeness (QED) is 0.0861. The molecule has 0 saturated carbocycles. The first-order valence-electron chi connectivity index (χ1n) is 17.0. The molecular weight excluding hydrogens is 636 g/mol. The molecule has 0 aromatic carbocycles. The Balaban J connectivity index is 3.13. The highest BCUT2D eigenvalue weighted by Gasteiger charge is 2.19. The van der Waals surface area contributed by atoms with Crippen LogP contribution in [0.1, 0.15) is 20.8 Å². The van der Waals surface area contributed by atoms with Gasteiger partial charge in [-0.05, 0) is 20.8 Å². The molecule has 0 unspecified atom stereocenters. The van der Waals surface area contributed by atoms with Crippen molar-refractivity contribution in [2.45, 2.75) is 26.4 Å². The number of nitrogens with one attached hydrogen (secondary N) is 1. The van der Waals surface area contributed by atoms with E-state index in [4.69, 9.17) is 61.9 Å². The molecule has 0 radical (unpaired) electrons. The molecule has 0 heterocycles. The van der Waals surface area contributed by atoms with Crippen molar-refractivity contribution in [3.63, 3.8) is 0 Å². The summed E-state index contributed by atoms with van der Waals surface area (Å²) in [6, 6.07) is 0. The summed E-state index contributed by atoms with van der Waals surface area (Å²) in [5.74, 6) is 0. The fraction of sp³-hybridized carbons (Fsp3) is 0.969. The van der Waals surface area contributed by atoms with Crippen LogP contribution in [0.3, 0.4) is 0 Å². The van der Waals surface area contributed by atoms with Crippen LogP contribution in [0.2, 0.25) is 0 Å². The topological polar surface area (TPSA) is 163 Å². The van der Waals surface area contributed by atoms with Crippen LogP contribution in [0.15, 0.2) is 0 Å². The van der Waals surface area contributed by atoms with Crippen molar-refractivity contribution in [1.29, 1.82) is 0 Å². The van der Waals surface area contributed by atoms with Crippen molar-refractivity contribution in [3.05, 3.63) is 0 Å². The maximum atomic E-state index is 11.9. The molecule has 0 aromatic rings. The van der Waals surface area contributed by atoms with Crippen LogP contribution in [0, 0.1) is 0 Å². The Morgan fingerprint density at radius 3 is 1.02 bits per heavy atom. The van der Waals surface area contributed by atoms with Crippen molar-refractivity contribution < 1.29 is 66.7 Å². The van der Waals surface area contributed by atoms with Gasteiger partial charge in [0.15, 0.2) is 0 Å². The number of ether oxygens (including phenoxy) is 12. The van der Waals surface area contributed by atoms with Gasteiger partial charge < -0.3 is 72.2 Å². The van der Waals surface area contributed by atoms with E-state index >= 15 is 0 Å². The van der Waals surface area contributed by atoms with Gasteiger partial charge in [-0.25, -0.2) is 4.79 Å². The minimum atomic E-state index is -0.492. The number of nitrogens with zero attached hydrogens (tertiary/aromatic N) is 1. The van der Waals surface area contributed by atoms with E-state index < -0.39 is 5.60 Å². The molecule has 0 rings (SSSR count). The van der Waals surface area contributed by atoms with Crippen LogP contribution in [0.5, 0.6) is 0 Å². The van der Waals surface area contributed by atoms with Gasteiger partial charge in [-0.2, -0.15) is 0 Å². The largest absolute Gasteiger partial charge is 0.444 e. The number of aliphatic hydroxyl groups is 1. The molecule has 0 saturated heterocycles. The molecule has 0 aromatic heterocycles. The predicted molar refractivity (Wildman–Crippen MR) is 178 cm³/mol. The third-order valence-electron chi connectivity index (χ3n) is 5.71. The van der Waals surface area contributed by atoms with Gasteiger partial charge in [0, 0.05) is 26.7 Å². The average molecular weight is 703 g/mol. The van der Waals surface area contributed by atoms with E-state index in [0.717, 1.165) is 0 Å². The van der Waals surface area contributed by atoms with E-state index in [-0.39, 0.29) is 12.7 Å². The Morgan fingerprint density at radius 1 is 0.479 bits per heavy atom. The van der Waals surface area contributed by atoms with Gasteiger partial charge in [-0.1, -0.05) is 0 Å². The van der Waals surface area contributed by atoms with E-state index in [1.54, 1.807) is 11.9 Å². The normalized spacial score (nSPS) is 11.8. The maximum Gasteiger partial charge on any atom is 0.410 e. The Morgan fingerprint density at radius 2 is 0.750 bits per heavy atom. The van der Waals surface area contributed by atoms with Gasteiger partial charge in [-0.3, -0.25) is 0 Å². The first kappa shape index (κ1) is 46.8. The molecule has 0 aliphatic carbocycles. The van der Waals surface area contributed by atoms with Crippen LogP contribution in [-0.2, 0) is 56.8 Å². The van der Waals surface area contributed by atoms with Crippen molar-refractivity contribution in [1.82, 2.24) is 10.2 Å². The predicted octanol–water partition coefficient (Wildman–Crippen LogP) is 0.618. The fourth-order valence-corrected chi connectivity index (χ4v) is 3.31. The second kappa shape index (κ2) is 37.0. The number of carbonyl (C=O) groups is 1. The highest BCUT2D eigenvalue weighted by Crippen LogP contribution is 2.08. The van der Waals surface area contributed by atoms with E-state index in [1.165, 1.54) is 0 Å². The van der Waals surface area contributed by atoms with E-state index in [1.807, 2.05) is 20.8 Å². The smallest absolute Gasteiger partial charge is 0.410 e. The summed E-state index contributed by atoms with van der Waals surface area (Å²) in [5, 5.41) is 11.8. The zero-order chi connectivity index (χ0) is 35.2. The lowest BCUT2D eigenvalue weighted by atomic mass is 10.2. The van der Waals surface area contributed by atoms with Crippen LogP contribution < -0.4 is 5.32 Å². The number of hydrogen-bond donors (Lipinski definition) is 2. The lowest BCUT2D eigenvalue weighted by molar-refractivity contribution is -0.0277. The molecule has 48 heavy (non-hydrogen) atoms. The Hall–Kier alpha value is -1.25. The van der Waals surface area contributed by atoms with Gasteiger partial charge in [0.05, 0.1) is 152 Å². The monoisotopic (exact) mass is 702 g/mol. The summed E-state index contributed by atoms with van der Waals surface area (Å²) >= 11 is 0. The zero-order valence-electron chi connectivity index (χ0n) is 30.1. The lowest BCUT2D eigenvalue weighted by Gasteiger charge is -2.24. The summed E-state index contributed by atoms with van der Waals surface area (Å²) in [4.78, 5) is 13.4. The minimum Gasteiger partial charge on any atom is -0.444 e. The second-order valence-corrected chi connectivity index (χ2v) is 11.1. The number of hydrogen-bond acceptors (Lipinski definition) is 15. The average Bonchev–Trinajstić information content (AvgIpc) is 3.05. The van der Waals surface area contributed by atoms with Gasteiger partial charge in [0.25, 0.3) is 0 Å². The van der Waals surface area contributed by atoms with Crippen molar-refractivity contribution in [2.75, 3.05) is 179 Å². The maximum absolute atomic E-state index is 11.9. The molecule has 2 N–H and O–H groups in total. The third kappa shape index (κ3) is 39.2. The highest BCUT2D eigenvalue weighted by atomic mass is 16.6. The number of carbonyl (C=O) groups excluding carboxylic acids is 1. The van der Waals surface area contributed by atoms with Gasteiger partial charge in [0.1, 0.15) is 5.60 Å². The van der Waals surface area contributed by atoms with Crippen LogP contribution in [0.25, 0.3) is 0 Å². The zero-order valence-corrected chi connectivity index (χ0v) is 30.1. The Labute approximate surface area is 288 Å². The molecule has 16 nitrogen and oxygen atoms in total. The second-order valence-electron chi connectivity index (χ2n) is 11.1. The standard InChI is InChI=1S/C32H66N2O14/c1-32(2,3)48-31(36)34(4)7-5-33-6-9-37-11-13-39-15-17-41-19-21-43-23-25-45-27-29-47-30-28-46-26-24-44-22-20-42-18-16-40-14-12-38-10-8-35/h33,35H,5-30H2,1-4H3. The first-order valence-corrected chi connectivity index (χ1v) is 17.0. The van der Waals surface area contributed by atoms with Crippen LogP contribution in [-0.4, -0.2) is 200 Å². The molecule has 0 bridgehead atoms. The number of aliphatic hydroxyl groups excluding tert-OH is 1. The molecule has 16 heteroatoms. The Bertz CT molecular complexity index is 661. The summed E-state index contributed by atoms with van der Waals surface area (Å²) in [5.41, 5.74) is -0.492. The van der Waals surface area contributed by atoms with E-state index in [0.29, 0.717) is 165 Å². The molecule has 0 atom stereocenters. The van der Waals surface area contributed by atoms with Crippen molar-refractivity contribution in [2.24, 2.45) is 0 Å². The number of likely N-dealkylation sites (N-methyl/N-ethyl adjacent to an activating group) is 1. The SMILES string of the molecule is CN(CCNCCOCCOCCOCCOCCOCCOCCOCCOCCOCCOCCOCCO)C(=O)OC(C)(C)C. The molecule has 0 aliphatic heterocycles. The molecule has 0 spiro atoms. The molecule has 0 fully saturated rings. The molecule has 1 amide bonds. The number of rotatable bonds is 38. The third-order valence-corrected chi connectivity index (χ3v) is 5.71. The summed E-state index contributed by atoms with van der Waals surface area (Å²) in [6.45, 7) is 18.3. The van der Waals surface area contributed by atoms with E-state index in [9.17, 15) is 4.79 Å². The van der Waals surface area contributed by atoms with Gasteiger partial charge in [-0.15, -0.1) is 0 Å². The Kier molecular flexibility index (Phi) is 36.1. The first-order chi connectivity index (χ1) is 23.4. The van der Waals surface area contributed by atoms with Crippen molar-refractivity contribution in [3.8, 4) is 0 Å². The minimum absolute atomic E-state index is 0.0221. The van der Waals surface area contributed by atoms with Crippen molar-refractivity contribution >= 4 is 6.09 Å². The summed E-state index contributed by atoms with van der Waals surface area (Å²) in [6.07, 6.45) is -0.326. The number of amides is 1. The van der Waals surface area contributed by atoms with Gasteiger partial charge in [0.2, 0.25) is 0 Å². The summed E-state index contributed by atoms with van der Waals surface area (Å²) < 4.78 is 64.9. The van der Waals surface area contributed by atoms with E-state index in [2.05, 4.69) is 5.32 Å². The molecular formula is C32H66N2O14. The summed E-state index contributed by atoms with van der Waals surface area (Å²) in [7, 11) is 1.72.